The number of nitrogens with zero attached hydrogens (tertiary/aromatic N) is 5. The van der Waals surface area contributed by atoms with Gasteiger partial charge in [0, 0.05) is 17.8 Å². The van der Waals surface area contributed by atoms with Crippen LogP contribution in [-0.2, 0) is 22.6 Å². The van der Waals surface area contributed by atoms with Gasteiger partial charge >= 0.3 is 0 Å². The first kappa shape index (κ1) is 22.8. The molecule has 11 nitrogen and oxygen atoms in total. The molecule has 1 amide bonds. The molecule has 2 atom stereocenters. The highest BCUT2D eigenvalue weighted by Gasteiger charge is 2.23. The number of nitrogens with one attached hydrogen (secondary N) is 1. The van der Waals surface area contributed by atoms with E-state index >= 15 is 0 Å². The number of hydrogen-bond donors (Lipinski definition) is 2. The monoisotopic (exact) mass is 454 g/mol. The molecule has 0 saturated carbocycles. The first-order chi connectivity index (χ1) is 16.0. The van der Waals surface area contributed by atoms with Gasteiger partial charge < -0.3 is 24.6 Å². The van der Waals surface area contributed by atoms with Gasteiger partial charge in [-0.15, -0.1) is 10.2 Å². The zero-order chi connectivity index (χ0) is 23.2. The van der Waals surface area contributed by atoms with Crippen molar-refractivity contribution in [3.05, 3.63) is 53.3 Å². The Hall–Kier alpha value is -3.41. The zero-order valence-corrected chi connectivity index (χ0v) is 18.5. The molecular formula is C22H26N6O5. The number of aromatic nitrogens is 5. The van der Waals surface area contributed by atoms with Crippen molar-refractivity contribution in [3.8, 4) is 17.1 Å². The quantitative estimate of drug-likeness (QED) is 0.506. The van der Waals surface area contributed by atoms with Crippen LogP contribution >= 0.6 is 0 Å². The molecule has 0 aliphatic carbocycles. The summed E-state index contributed by atoms with van der Waals surface area (Å²) in [5.74, 6) is 0.805. The Balaban J connectivity index is 1.41. The van der Waals surface area contributed by atoms with E-state index in [0.717, 1.165) is 11.3 Å². The van der Waals surface area contributed by atoms with Crippen molar-refractivity contribution in [2.24, 2.45) is 0 Å². The Morgan fingerprint density at radius 2 is 2.06 bits per heavy atom. The number of ether oxygens (including phenoxy) is 3. The summed E-state index contributed by atoms with van der Waals surface area (Å²) in [6.07, 6.45) is -0.527. The largest absolute Gasteiger partial charge is 0.497 e. The molecule has 174 valence electrons. The van der Waals surface area contributed by atoms with Gasteiger partial charge in [0.05, 0.1) is 33.5 Å². The fourth-order valence-electron chi connectivity index (χ4n) is 3.38. The van der Waals surface area contributed by atoms with Crippen LogP contribution in [0, 0.1) is 6.92 Å². The second-order valence-corrected chi connectivity index (χ2v) is 7.68. The molecule has 1 aromatic carbocycles. The van der Waals surface area contributed by atoms with E-state index in [1.165, 1.54) is 4.80 Å². The summed E-state index contributed by atoms with van der Waals surface area (Å²) in [4.78, 5) is 18.5. The standard InChI is InChI=1S/C22H26N6O5/c1-14-6-16(21-25-27-28(26-21)10-18-12-33-19(11-29)13-32-18)8-20(24-14)22(30)23-9-15-4-3-5-17(7-15)31-2/h3-8,18-19,29H,9-13H2,1-2H3,(H,23,30)/t18-,19+/m1/s1. The Morgan fingerprint density at radius 1 is 1.24 bits per heavy atom. The van der Waals surface area contributed by atoms with Crippen molar-refractivity contribution in [1.82, 2.24) is 30.5 Å². The topological polar surface area (TPSA) is 134 Å². The third kappa shape index (κ3) is 5.89. The van der Waals surface area contributed by atoms with E-state index in [4.69, 9.17) is 19.3 Å². The first-order valence-electron chi connectivity index (χ1n) is 10.6. The number of tetrazole rings is 1. The van der Waals surface area contributed by atoms with E-state index in [1.54, 1.807) is 26.2 Å². The lowest BCUT2D eigenvalue weighted by Crippen LogP contribution is -2.40. The molecule has 0 radical (unpaired) electrons. The molecule has 0 unspecified atom stereocenters. The lowest BCUT2D eigenvalue weighted by atomic mass is 10.1. The van der Waals surface area contributed by atoms with Crippen molar-refractivity contribution in [1.29, 1.82) is 0 Å². The number of carbonyl (C=O) groups is 1. The number of aliphatic hydroxyl groups excluding tert-OH is 1. The number of carbonyl (C=O) groups excluding carboxylic acids is 1. The smallest absolute Gasteiger partial charge is 0.270 e. The Labute approximate surface area is 190 Å². The lowest BCUT2D eigenvalue weighted by molar-refractivity contribution is -0.150. The fraction of sp³-hybridized carbons (Fsp3) is 0.409. The van der Waals surface area contributed by atoms with Crippen LogP contribution in [-0.4, -0.2) is 75.3 Å². The van der Waals surface area contributed by atoms with E-state index < -0.39 is 0 Å². The minimum absolute atomic E-state index is 0.0741. The van der Waals surface area contributed by atoms with Crippen molar-refractivity contribution in [2.45, 2.75) is 32.2 Å². The van der Waals surface area contributed by atoms with Gasteiger partial charge in [-0.2, -0.15) is 4.80 Å². The molecule has 11 heteroatoms. The SMILES string of the molecule is COc1cccc(CNC(=O)c2cc(-c3nnn(C[C@@H]4CO[C@@H](CO)CO4)n3)cc(C)n2)c1. The zero-order valence-electron chi connectivity index (χ0n) is 18.5. The second kappa shape index (κ2) is 10.5. The van der Waals surface area contributed by atoms with E-state index in [9.17, 15) is 4.79 Å². The molecule has 33 heavy (non-hydrogen) atoms. The summed E-state index contributed by atoms with van der Waals surface area (Å²) >= 11 is 0. The summed E-state index contributed by atoms with van der Waals surface area (Å²) in [5.41, 5.74) is 2.48. The number of benzene rings is 1. The van der Waals surface area contributed by atoms with Crippen LogP contribution in [0.4, 0.5) is 0 Å². The second-order valence-electron chi connectivity index (χ2n) is 7.68. The van der Waals surface area contributed by atoms with E-state index in [0.29, 0.717) is 43.4 Å². The number of hydrogen-bond acceptors (Lipinski definition) is 9. The van der Waals surface area contributed by atoms with Crippen molar-refractivity contribution in [3.63, 3.8) is 0 Å². The Morgan fingerprint density at radius 3 is 2.82 bits per heavy atom. The molecule has 4 rings (SSSR count). The molecule has 0 spiro atoms. The number of methoxy groups -OCH3 is 1. The first-order valence-corrected chi connectivity index (χ1v) is 10.6. The van der Waals surface area contributed by atoms with E-state index in [-0.39, 0.29) is 30.4 Å². The summed E-state index contributed by atoms with van der Waals surface area (Å²) in [7, 11) is 1.60. The number of aliphatic hydroxyl groups is 1. The maximum atomic E-state index is 12.7. The highest BCUT2D eigenvalue weighted by atomic mass is 16.6. The average Bonchev–Trinajstić information content (AvgIpc) is 3.31. The van der Waals surface area contributed by atoms with Gasteiger partial charge in [0.2, 0.25) is 5.82 Å². The number of aryl methyl sites for hydroxylation is 1. The van der Waals surface area contributed by atoms with Crippen LogP contribution in [0.5, 0.6) is 5.75 Å². The Bertz CT molecular complexity index is 1100. The fourth-order valence-corrected chi connectivity index (χ4v) is 3.38. The minimum atomic E-state index is -0.304. The predicted molar refractivity (Wildman–Crippen MR) is 117 cm³/mol. The lowest BCUT2D eigenvalue weighted by Gasteiger charge is -2.27. The highest BCUT2D eigenvalue weighted by Crippen LogP contribution is 2.17. The van der Waals surface area contributed by atoms with Gasteiger partial charge in [-0.3, -0.25) is 4.79 Å². The molecule has 1 aliphatic heterocycles. The van der Waals surface area contributed by atoms with Crippen LogP contribution in [0.3, 0.4) is 0 Å². The molecule has 1 saturated heterocycles. The molecule has 3 aromatic rings. The maximum Gasteiger partial charge on any atom is 0.270 e. The number of amides is 1. The van der Waals surface area contributed by atoms with E-state index in [1.807, 2.05) is 24.3 Å². The van der Waals surface area contributed by atoms with Crippen LogP contribution < -0.4 is 10.1 Å². The molecule has 3 heterocycles. The molecule has 0 bridgehead atoms. The molecular weight excluding hydrogens is 428 g/mol. The maximum absolute atomic E-state index is 12.7. The van der Waals surface area contributed by atoms with Gasteiger partial charge in [0.15, 0.2) is 0 Å². The van der Waals surface area contributed by atoms with Gasteiger partial charge in [0.25, 0.3) is 5.91 Å². The van der Waals surface area contributed by atoms with Crippen molar-refractivity contribution < 1.29 is 24.1 Å². The minimum Gasteiger partial charge on any atom is -0.497 e. The number of pyridine rings is 1. The van der Waals surface area contributed by atoms with Gasteiger partial charge in [-0.05, 0) is 42.0 Å². The van der Waals surface area contributed by atoms with Crippen LogP contribution in [0.2, 0.25) is 0 Å². The van der Waals surface area contributed by atoms with E-state index in [2.05, 4.69) is 25.7 Å². The van der Waals surface area contributed by atoms with Gasteiger partial charge in [-0.1, -0.05) is 12.1 Å². The summed E-state index contributed by atoms with van der Waals surface area (Å²) in [6, 6.07) is 10.9. The summed E-state index contributed by atoms with van der Waals surface area (Å²) in [5, 5.41) is 24.6. The molecule has 2 N–H and O–H groups in total. The van der Waals surface area contributed by atoms with Crippen LogP contribution in [0.15, 0.2) is 36.4 Å². The normalized spacial score (nSPS) is 18.2. The van der Waals surface area contributed by atoms with Gasteiger partial charge in [-0.25, -0.2) is 4.98 Å². The van der Waals surface area contributed by atoms with Crippen LogP contribution in [0.25, 0.3) is 11.4 Å². The molecule has 1 aliphatic rings. The molecule has 1 fully saturated rings. The van der Waals surface area contributed by atoms with Crippen molar-refractivity contribution in [2.75, 3.05) is 26.9 Å². The Kier molecular flexibility index (Phi) is 7.23. The van der Waals surface area contributed by atoms with Gasteiger partial charge in [0.1, 0.15) is 23.7 Å². The third-order valence-electron chi connectivity index (χ3n) is 5.09. The average molecular weight is 454 g/mol. The van der Waals surface area contributed by atoms with Crippen molar-refractivity contribution >= 4 is 5.91 Å². The highest BCUT2D eigenvalue weighted by molar-refractivity contribution is 5.93. The van der Waals surface area contributed by atoms with Crippen LogP contribution in [0.1, 0.15) is 21.7 Å². The summed E-state index contributed by atoms with van der Waals surface area (Å²) < 4.78 is 16.4. The number of rotatable bonds is 8. The predicted octanol–water partition coefficient (Wildman–Crippen LogP) is 0.758. The third-order valence-corrected chi connectivity index (χ3v) is 5.09. The molecule has 2 aromatic heterocycles. The summed E-state index contributed by atoms with van der Waals surface area (Å²) in [6.45, 7) is 3.10.